The molecule has 5 heterocycles. The van der Waals surface area contributed by atoms with E-state index in [0.29, 0.717) is 5.82 Å². The van der Waals surface area contributed by atoms with Crippen LogP contribution >= 0.6 is 0 Å². The molecule has 0 saturated carbocycles. The SMILES string of the molecule is CC1(C)c2cc3ncn(-c4ccc(-c5ccccc5-c5cc(-c6ccccc6-c6ccc(-n7cnc8cc9c(cc87)C(C)(C)C(C)(C)C9(C)C)cc6)cc(-c6cccc(-c7cc(-c8ccccc8-c8ccc(-n9cnc%10cc%11c(cc%109)C(C)(C)C(C)(C)C%11(C)C)cc8)cc(-c8ccccc8-c8ccc(-n9cnc%10cc%11c(cc%109)C(C)(C)C(C)(C)C%11(C)C)cc8)c7)c6-c6ccc(-c7ncccn7)cc6)c5)cc4)c3cc2C(C)(C)C1(C)C. The Morgan fingerprint density at radius 1 is 0.160 bits per heavy atom. The fraction of sp³-hybridized carbons (Fsp3) is 0.257. The van der Waals surface area contributed by atoms with Crippen LogP contribution in [0.3, 0.4) is 0 Å². The second kappa shape index (κ2) is 33.0. The van der Waals surface area contributed by atoms with E-state index in [1.165, 1.54) is 44.5 Å². The van der Waals surface area contributed by atoms with E-state index in [4.69, 9.17) is 29.9 Å². The van der Waals surface area contributed by atoms with E-state index in [0.717, 1.165) is 195 Å². The highest BCUT2D eigenvalue weighted by molar-refractivity contribution is 6.02. The van der Waals surface area contributed by atoms with Gasteiger partial charge in [0.15, 0.2) is 5.82 Å². The molecule has 0 unspecified atom stereocenters. The molecule has 21 aromatic rings. The normalized spacial score (nSPS) is 17.4. The van der Waals surface area contributed by atoms with E-state index in [1.807, 2.05) is 43.8 Å². The van der Waals surface area contributed by atoms with Crippen LogP contribution < -0.4 is 0 Å². The Kier molecular flexibility index (Phi) is 21.0. The number of hydrogen-bond donors (Lipinski definition) is 0. The first-order chi connectivity index (χ1) is 71.4. The molecule has 10 nitrogen and oxygen atoms in total. The maximum atomic E-state index is 5.13. The van der Waals surface area contributed by atoms with Gasteiger partial charge in [-0.05, 0) is 371 Å². The third-order valence-electron chi connectivity index (χ3n) is 41.0. The van der Waals surface area contributed by atoms with Crippen LogP contribution in [-0.4, -0.2) is 48.2 Å². The Morgan fingerprint density at radius 2 is 0.347 bits per heavy atom. The van der Waals surface area contributed by atoms with Gasteiger partial charge in [0.1, 0.15) is 25.3 Å². The number of fused-ring (bicyclic) bond motifs is 8. The van der Waals surface area contributed by atoms with E-state index in [1.54, 1.807) is 0 Å². The number of hydrogen-bond acceptors (Lipinski definition) is 6. The van der Waals surface area contributed by atoms with E-state index < -0.39 is 0 Å². The molecule has 0 atom stereocenters. The summed E-state index contributed by atoms with van der Waals surface area (Å²) in [6, 6.07) is 124. The summed E-state index contributed by atoms with van der Waals surface area (Å²) < 4.78 is 9.11. The number of rotatable bonds is 16. The summed E-state index contributed by atoms with van der Waals surface area (Å²) in [4.78, 5) is 30.2. The summed E-state index contributed by atoms with van der Waals surface area (Å²) in [6.45, 7) is 58.1. The van der Waals surface area contributed by atoms with Gasteiger partial charge in [0.2, 0.25) is 0 Å². The smallest absolute Gasteiger partial charge is 0.159 e. The minimum Gasteiger partial charge on any atom is -0.299 e. The highest BCUT2D eigenvalue weighted by atomic mass is 15.1. The molecule has 0 aliphatic heterocycles. The Hall–Kier alpha value is -15.5. The Labute approximate surface area is 883 Å². The summed E-state index contributed by atoms with van der Waals surface area (Å²) in [7, 11) is 0. The first kappa shape index (κ1) is 95.4. The van der Waals surface area contributed by atoms with Crippen molar-refractivity contribution < 1.29 is 0 Å². The second-order valence-electron chi connectivity index (χ2n) is 49.9. The maximum absolute atomic E-state index is 5.13. The molecular formula is C140H132N10. The van der Waals surface area contributed by atoms with Crippen LogP contribution in [0, 0.1) is 21.7 Å². The molecule has 0 bridgehead atoms. The second-order valence-corrected chi connectivity index (χ2v) is 49.9. The van der Waals surface area contributed by atoms with Gasteiger partial charge < -0.3 is 0 Å². The van der Waals surface area contributed by atoms with Crippen LogP contribution in [0.1, 0.15) is 211 Å². The molecule has 4 aliphatic rings. The van der Waals surface area contributed by atoms with Gasteiger partial charge in [-0.2, -0.15) is 0 Å². The predicted molar refractivity (Wildman–Crippen MR) is 625 cm³/mol. The lowest BCUT2D eigenvalue weighted by Crippen LogP contribution is -2.42. The molecule has 16 aromatic carbocycles. The van der Waals surface area contributed by atoms with Crippen molar-refractivity contribution in [3.63, 3.8) is 0 Å². The molecule has 0 spiro atoms. The van der Waals surface area contributed by atoms with Gasteiger partial charge in [0.05, 0.1) is 44.1 Å². The summed E-state index contributed by atoms with van der Waals surface area (Å²) in [5, 5.41) is 0. The summed E-state index contributed by atoms with van der Waals surface area (Å²) in [6.07, 6.45) is 11.7. The van der Waals surface area contributed by atoms with Crippen molar-refractivity contribution in [1.82, 2.24) is 48.2 Å². The molecular weight excluding hydrogens is 1820 g/mol. The van der Waals surface area contributed by atoms with Gasteiger partial charge in [-0.15, -0.1) is 0 Å². The van der Waals surface area contributed by atoms with Crippen LogP contribution in [0.25, 0.3) is 201 Å². The number of benzene rings is 16. The van der Waals surface area contributed by atoms with Crippen molar-refractivity contribution in [2.75, 3.05) is 0 Å². The molecule has 0 amide bonds. The third kappa shape index (κ3) is 13.7. The zero-order chi connectivity index (χ0) is 104. The van der Waals surface area contributed by atoms with E-state index >= 15 is 0 Å². The summed E-state index contributed by atoms with van der Waals surface area (Å²) >= 11 is 0. The van der Waals surface area contributed by atoms with Crippen LogP contribution in [0.15, 0.2) is 365 Å². The fourth-order valence-electron chi connectivity index (χ4n) is 26.9. The number of nitrogens with zero attached hydrogens (tertiary/aromatic N) is 10. The topological polar surface area (TPSA) is 97.1 Å². The fourth-order valence-corrected chi connectivity index (χ4v) is 26.9. The molecule has 4 aliphatic carbocycles. The highest BCUT2D eigenvalue weighted by Gasteiger charge is 2.61. The molecule has 25 rings (SSSR count). The molecule has 5 aromatic heterocycles. The van der Waals surface area contributed by atoms with Crippen molar-refractivity contribution in [3.05, 3.63) is 410 Å². The Bertz CT molecular complexity index is 8180. The van der Waals surface area contributed by atoms with Crippen LogP contribution in [-0.2, 0) is 43.3 Å². The van der Waals surface area contributed by atoms with Crippen molar-refractivity contribution in [2.45, 2.75) is 209 Å². The summed E-state index contributed by atoms with van der Waals surface area (Å²) in [5.74, 6) is 0.660. The number of aromatic nitrogens is 10. The van der Waals surface area contributed by atoms with Gasteiger partial charge in [0, 0.05) is 40.7 Å². The maximum Gasteiger partial charge on any atom is 0.159 e. The van der Waals surface area contributed by atoms with Crippen LogP contribution in [0.4, 0.5) is 0 Å². The van der Waals surface area contributed by atoms with Crippen molar-refractivity contribution in [1.29, 1.82) is 0 Å². The number of imidazole rings is 4. The monoisotopic (exact) mass is 1950 g/mol. The Morgan fingerprint density at radius 3 is 0.573 bits per heavy atom. The van der Waals surface area contributed by atoms with E-state index in [9.17, 15) is 0 Å². The lowest BCUT2D eigenvalue weighted by atomic mass is 9.59. The van der Waals surface area contributed by atoms with Gasteiger partial charge in [0.25, 0.3) is 0 Å². The minimum absolute atomic E-state index is 0.0129. The molecule has 10 heteroatoms. The van der Waals surface area contributed by atoms with Crippen molar-refractivity contribution in [3.8, 4) is 157 Å². The van der Waals surface area contributed by atoms with E-state index in [-0.39, 0.29) is 65.0 Å². The van der Waals surface area contributed by atoms with Gasteiger partial charge in [-0.1, -0.05) is 354 Å². The first-order valence-corrected chi connectivity index (χ1v) is 53.6. The molecule has 0 N–H and O–H groups in total. The lowest BCUT2D eigenvalue weighted by molar-refractivity contribution is 0.125. The molecule has 742 valence electrons. The highest BCUT2D eigenvalue weighted by Crippen LogP contribution is 2.67. The standard InChI is InChI=1S/C140H132N10/c1-129(2)111-73-119-123(77-115(111)133(9,10)137(129,17)18)147(81-143-119)97-57-49-85(50-58-97)101-35-25-29-39-105(101)91-67-92(106-40-30-26-36-102(106)86-51-59-98(60-52-86)148-82-144-120-74-112-116(78-124(120)148)134(11,12)138(19,20)130(112,3)4)70-95(69-91)109-43-33-44-110(127(109)89-45-47-90(48-46-89)128-141-65-34-66-142-128)96-71-93(107-41-31-27-37-103(107)87-53-61-99(62-54-87)149-83-145-121-75-113-117(79-125(121)149)135(13,14)139(21,22)131(113,5)6)68-94(72-96)108-42-32-28-38-104(108)88-55-63-100(64-56-88)150-84-146-122-76-114-118(80-126(122)150)136(15,16)140(23,24)132(114,7)8/h25-84H,1-24H3. The average molecular weight is 1950 g/mol. The third-order valence-corrected chi connectivity index (χ3v) is 41.0. The van der Waals surface area contributed by atoms with Crippen LogP contribution in [0.5, 0.6) is 0 Å². The summed E-state index contributed by atoms with van der Waals surface area (Å²) in [5.41, 5.74) is 48.3. The van der Waals surface area contributed by atoms with E-state index in [2.05, 4.69) is 506 Å². The van der Waals surface area contributed by atoms with Gasteiger partial charge >= 0.3 is 0 Å². The molecule has 0 fully saturated rings. The van der Waals surface area contributed by atoms with Crippen molar-refractivity contribution >= 4 is 44.1 Å². The minimum atomic E-state index is -0.0681. The molecule has 0 saturated heterocycles. The zero-order valence-corrected chi connectivity index (χ0v) is 91.1. The largest absolute Gasteiger partial charge is 0.299 e. The molecule has 0 radical (unpaired) electrons. The quantitative estimate of drug-likeness (QED) is 0.0956. The predicted octanol–water partition coefficient (Wildman–Crippen LogP) is 36.2. The zero-order valence-electron chi connectivity index (χ0n) is 91.1. The average Bonchev–Trinajstić information content (AvgIpc) is 1.54. The Balaban J connectivity index is 0.670. The lowest BCUT2D eigenvalue weighted by Gasteiger charge is -2.44. The van der Waals surface area contributed by atoms with Gasteiger partial charge in [-0.3, -0.25) is 18.3 Å². The first-order valence-electron chi connectivity index (χ1n) is 53.6. The van der Waals surface area contributed by atoms with Crippen molar-refractivity contribution in [2.24, 2.45) is 21.7 Å². The van der Waals surface area contributed by atoms with Gasteiger partial charge in [-0.25, -0.2) is 29.9 Å². The van der Waals surface area contributed by atoms with Crippen LogP contribution in [0.2, 0.25) is 0 Å². The molecule has 150 heavy (non-hydrogen) atoms.